The van der Waals surface area contributed by atoms with Gasteiger partial charge in [-0.3, -0.25) is 13.8 Å². The number of halogens is 6. The topological polar surface area (TPSA) is 75.3 Å². The van der Waals surface area contributed by atoms with E-state index < -0.39 is 57.6 Å². The van der Waals surface area contributed by atoms with Crippen LogP contribution in [0, 0.1) is 11.6 Å². The molecule has 4 rings (SSSR count). The lowest BCUT2D eigenvalue weighted by Gasteiger charge is -2.19. The van der Waals surface area contributed by atoms with E-state index in [9.17, 15) is 35.8 Å². The molecule has 0 aliphatic carbocycles. The number of hydrogen-bond acceptors (Lipinski definition) is 3. The van der Waals surface area contributed by atoms with E-state index >= 15 is 0 Å². The number of carbonyl (C=O) groups excluding carboxylic acids is 2. The molecular formula is C24H16ClF5N2O3S. The summed E-state index contributed by atoms with van der Waals surface area (Å²) < 4.78 is 79.1. The summed E-state index contributed by atoms with van der Waals surface area (Å²) in [5, 5.41) is 5.20. The molecule has 0 saturated heterocycles. The van der Waals surface area contributed by atoms with Crippen LogP contribution in [0.1, 0.15) is 49.0 Å². The van der Waals surface area contributed by atoms with Crippen LogP contribution in [0.4, 0.5) is 27.6 Å². The van der Waals surface area contributed by atoms with E-state index in [2.05, 4.69) is 10.6 Å². The average molecular weight is 543 g/mol. The minimum atomic E-state index is -4.89. The molecule has 188 valence electrons. The van der Waals surface area contributed by atoms with Crippen molar-refractivity contribution >= 4 is 39.9 Å². The molecule has 0 saturated carbocycles. The van der Waals surface area contributed by atoms with E-state index in [0.717, 1.165) is 12.1 Å². The zero-order chi connectivity index (χ0) is 26.4. The molecule has 0 aromatic heterocycles. The van der Waals surface area contributed by atoms with Crippen molar-refractivity contribution in [3.63, 3.8) is 0 Å². The van der Waals surface area contributed by atoms with Crippen molar-refractivity contribution in [2.75, 3.05) is 11.6 Å². The zero-order valence-corrected chi connectivity index (χ0v) is 19.9. The van der Waals surface area contributed by atoms with E-state index in [0.29, 0.717) is 17.7 Å². The molecule has 2 atom stereocenters. The Kier molecular flexibility index (Phi) is 6.89. The van der Waals surface area contributed by atoms with Gasteiger partial charge in [0, 0.05) is 55.8 Å². The molecule has 36 heavy (non-hydrogen) atoms. The molecule has 1 aliphatic rings. The van der Waals surface area contributed by atoms with Gasteiger partial charge in [0.25, 0.3) is 11.8 Å². The first kappa shape index (κ1) is 25.8. The van der Waals surface area contributed by atoms with Crippen LogP contribution in [0.5, 0.6) is 0 Å². The van der Waals surface area contributed by atoms with Crippen molar-refractivity contribution in [1.29, 1.82) is 0 Å². The number of fused-ring (bicyclic) bond motifs is 1. The second-order valence-corrected chi connectivity index (χ2v) is 9.92. The molecule has 1 aliphatic heterocycles. The lowest BCUT2D eigenvalue weighted by molar-refractivity contribution is -0.137. The van der Waals surface area contributed by atoms with Gasteiger partial charge in [-0.1, -0.05) is 11.6 Å². The Morgan fingerprint density at radius 3 is 2.47 bits per heavy atom. The number of amides is 2. The monoisotopic (exact) mass is 542 g/mol. The van der Waals surface area contributed by atoms with E-state index in [1.165, 1.54) is 24.5 Å². The molecule has 3 aromatic carbocycles. The number of hydrogen-bond donors (Lipinski definition) is 2. The van der Waals surface area contributed by atoms with Gasteiger partial charge in [0.15, 0.2) is 0 Å². The molecule has 2 N–H and O–H groups in total. The normalized spacial score (nSPS) is 15.9. The Labute approximate surface area is 209 Å². The third-order valence-corrected chi connectivity index (χ3v) is 6.51. The molecule has 2 amide bonds. The molecule has 0 bridgehead atoms. The summed E-state index contributed by atoms with van der Waals surface area (Å²) in [6.07, 6.45) is -3.47. The third-order valence-electron chi connectivity index (χ3n) is 5.42. The van der Waals surface area contributed by atoms with Crippen LogP contribution in [0.2, 0.25) is 5.02 Å². The van der Waals surface area contributed by atoms with Crippen LogP contribution in [-0.4, -0.2) is 22.3 Å². The fourth-order valence-electron chi connectivity index (χ4n) is 3.96. The maximum Gasteiger partial charge on any atom is 0.416 e. The molecule has 2 unspecified atom stereocenters. The van der Waals surface area contributed by atoms with Crippen LogP contribution < -0.4 is 10.6 Å². The van der Waals surface area contributed by atoms with Crippen molar-refractivity contribution in [3.05, 3.63) is 98.6 Å². The fraction of sp³-hybridized carbons (Fsp3) is 0.167. The second kappa shape index (κ2) is 9.62. The van der Waals surface area contributed by atoms with Crippen molar-refractivity contribution < 1.29 is 35.8 Å². The molecule has 0 radical (unpaired) electrons. The lowest BCUT2D eigenvalue weighted by Crippen LogP contribution is -2.21. The van der Waals surface area contributed by atoms with E-state index in [1.807, 2.05) is 0 Å². The van der Waals surface area contributed by atoms with Gasteiger partial charge in [-0.2, -0.15) is 13.2 Å². The van der Waals surface area contributed by atoms with Crippen molar-refractivity contribution in [2.45, 2.75) is 18.0 Å². The molecule has 12 heteroatoms. The smallest absolute Gasteiger partial charge is 0.341 e. The standard InChI is InChI=1S/C24H16ClF5N2O3S/c1-36(35)10-11-4-17-20(21(32-23(17)34)16-9-14(26)2-3-18(16)25)19(5-11)31-22(33)12-6-13(24(28,29)30)8-15(27)7-12/h2-9,21H,10H2,1H3,(H,31,33)(H,32,34). The van der Waals surface area contributed by atoms with Crippen LogP contribution in [-0.2, 0) is 22.7 Å². The number of nitrogens with one attached hydrogen (secondary N) is 2. The van der Waals surface area contributed by atoms with Gasteiger partial charge in [0.05, 0.1) is 11.6 Å². The molecule has 0 spiro atoms. The van der Waals surface area contributed by atoms with Crippen LogP contribution in [0.15, 0.2) is 48.5 Å². The van der Waals surface area contributed by atoms with Crippen LogP contribution >= 0.6 is 11.6 Å². The molecule has 0 fully saturated rings. The SMILES string of the molecule is CS(=O)Cc1cc(NC(=O)c2cc(F)cc(C(F)(F)F)c2)c2c(c1)C(=O)NC2c1cc(F)ccc1Cl. The summed E-state index contributed by atoms with van der Waals surface area (Å²) in [6, 6.07) is 6.75. The number of anilines is 1. The van der Waals surface area contributed by atoms with Crippen LogP contribution in [0.3, 0.4) is 0 Å². The first-order chi connectivity index (χ1) is 16.8. The van der Waals surface area contributed by atoms with Crippen molar-refractivity contribution in [3.8, 4) is 0 Å². The molecule has 1 heterocycles. The third kappa shape index (κ3) is 5.26. The highest BCUT2D eigenvalue weighted by Crippen LogP contribution is 2.40. The summed E-state index contributed by atoms with van der Waals surface area (Å²) in [5.74, 6) is -3.57. The highest BCUT2D eigenvalue weighted by molar-refractivity contribution is 7.83. The summed E-state index contributed by atoms with van der Waals surface area (Å²) in [6.45, 7) is 0. The van der Waals surface area contributed by atoms with Gasteiger partial charge < -0.3 is 10.6 Å². The lowest BCUT2D eigenvalue weighted by atomic mass is 9.94. The average Bonchev–Trinajstić information content (AvgIpc) is 3.10. The largest absolute Gasteiger partial charge is 0.416 e. The summed E-state index contributed by atoms with van der Waals surface area (Å²) in [7, 11) is -1.34. The number of rotatable bonds is 5. The van der Waals surface area contributed by atoms with Gasteiger partial charge in [-0.15, -0.1) is 0 Å². The maximum atomic E-state index is 14.0. The summed E-state index contributed by atoms with van der Waals surface area (Å²) in [4.78, 5) is 25.7. The Hall–Kier alpha value is -3.31. The van der Waals surface area contributed by atoms with Crippen molar-refractivity contribution in [2.24, 2.45) is 0 Å². The second-order valence-electron chi connectivity index (χ2n) is 8.07. The molecule has 5 nitrogen and oxygen atoms in total. The fourth-order valence-corrected chi connectivity index (χ4v) is 4.83. The van der Waals surface area contributed by atoms with E-state index in [-0.39, 0.29) is 39.2 Å². The number of benzene rings is 3. The van der Waals surface area contributed by atoms with Gasteiger partial charge in [-0.25, -0.2) is 8.78 Å². The maximum absolute atomic E-state index is 14.0. The van der Waals surface area contributed by atoms with E-state index in [1.54, 1.807) is 0 Å². The number of alkyl halides is 3. The summed E-state index contributed by atoms with van der Waals surface area (Å²) in [5.41, 5.74) is -1.16. The highest BCUT2D eigenvalue weighted by Gasteiger charge is 2.35. The van der Waals surface area contributed by atoms with E-state index in [4.69, 9.17) is 11.6 Å². The highest BCUT2D eigenvalue weighted by atomic mass is 35.5. The first-order valence-electron chi connectivity index (χ1n) is 10.3. The minimum absolute atomic E-state index is 0.00695. The molecular weight excluding hydrogens is 527 g/mol. The Morgan fingerprint density at radius 1 is 1.08 bits per heavy atom. The zero-order valence-electron chi connectivity index (χ0n) is 18.3. The molecule has 3 aromatic rings. The van der Waals surface area contributed by atoms with Gasteiger partial charge in [0.1, 0.15) is 11.6 Å². The Balaban J connectivity index is 1.84. The van der Waals surface area contributed by atoms with Gasteiger partial charge >= 0.3 is 6.18 Å². The minimum Gasteiger partial charge on any atom is -0.341 e. The van der Waals surface area contributed by atoms with Gasteiger partial charge in [0.2, 0.25) is 0 Å². The predicted octanol–water partition coefficient (Wildman–Crippen LogP) is 5.60. The van der Waals surface area contributed by atoms with Crippen molar-refractivity contribution in [1.82, 2.24) is 5.32 Å². The number of carbonyl (C=O) groups is 2. The van der Waals surface area contributed by atoms with Gasteiger partial charge in [-0.05, 0) is 54.1 Å². The van der Waals surface area contributed by atoms with Crippen LogP contribution in [0.25, 0.3) is 0 Å². The predicted molar refractivity (Wildman–Crippen MR) is 124 cm³/mol. The first-order valence-corrected chi connectivity index (χ1v) is 12.4. The Morgan fingerprint density at radius 2 is 1.81 bits per heavy atom. The summed E-state index contributed by atoms with van der Waals surface area (Å²) >= 11 is 6.23. The quantitative estimate of drug-likeness (QED) is 0.412. The Bertz CT molecular complexity index is 1430.